The number of hydrogen-bond donors (Lipinski definition) is 1. The number of aromatic nitrogens is 2. The van der Waals surface area contributed by atoms with Crippen molar-refractivity contribution < 1.29 is 14.3 Å². The zero-order valence-corrected chi connectivity index (χ0v) is 21.6. The minimum absolute atomic E-state index is 0.0186. The van der Waals surface area contributed by atoms with Gasteiger partial charge in [0.05, 0.1) is 0 Å². The Bertz CT molecular complexity index is 972. The molecular formula is C28H42N2O3. The summed E-state index contributed by atoms with van der Waals surface area (Å²) in [5.41, 5.74) is 2.74. The number of nitrogens with zero attached hydrogens (tertiary/aromatic N) is 2. The van der Waals surface area contributed by atoms with Gasteiger partial charge in [0.1, 0.15) is 17.1 Å². The van der Waals surface area contributed by atoms with Gasteiger partial charge in [0.15, 0.2) is 0 Å². The number of aryl methyl sites for hydroxylation is 1. The van der Waals surface area contributed by atoms with Gasteiger partial charge in [-0.1, -0.05) is 59.5 Å². The second-order valence-corrected chi connectivity index (χ2v) is 10.8. The number of unbranched alkanes of at least 4 members (excludes halogenated alkanes) is 3. The van der Waals surface area contributed by atoms with E-state index in [4.69, 9.17) is 9.15 Å². The van der Waals surface area contributed by atoms with Crippen LogP contribution in [-0.4, -0.2) is 20.9 Å². The molecule has 182 valence electrons. The molecule has 1 aromatic heterocycles. The number of phenolic OH excluding ortho intramolecular Hbond substituents is 1. The molecule has 5 heteroatoms. The first kappa shape index (κ1) is 25.3. The zero-order valence-electron chi connectivity index (χ0n) is 21.6. The minimum atomic E-state index is -0.323. The highest BCUT2D eigenvalue weighted by Crippen LogP contribution is 2.50. The van der Waals surface area contributed by atoms with Crippen LogP contribution in [0.1, 0.15) is 122 Å². The van der Waals surface area contributed by atoms with Crippen molar-refractivity contribution in [3.63, 3.8) is 0 Å². The van der Waals surface area contributed by atoms with Gasteiger partial charge in [0.2, 0.25) is 11.8 Å². The second-order valence-electron chi connectivity index (χ2n) is 10.8. The summed E-state index contributed by atoms with van der Waals surface area (Å²) in [6.45, 7) is 15.0. The Morgan fingerprint density at radius 1 is 1.18 bits per heavy atom. The summed E-state index contributed by atoms with van der Waals surface area (Å²) in [7, 11) is 0. The van der Waals surface area contributed by atoms with Crippen molar-refractivity contribution in [2.24, 2.45) is 0 Å². The molecule has 0 aliphatic carbocycles. The fourth-order valence-electron chi connectivity index (χ4n) is 5.04. The van der Waals surface area contributed by atoms with Gasteiger partial charge in [0.25, 0.3) is 0 Å². The highest BCUT2D eigenvalue weighted by Gasteiger charge is 2.38. The van der Waals surface area contributed by atoms with E-state index in [9.17, 15) is 5.11 Å². The Hall–Kier alpha value is -2.30. The lowest BCUT2D eigenvalue weighted by atomic mass is 9.76. The van der Waals surface area contributed by atoms with Crippen molar-refractivity contribution >= 4 is 5.57 Å². The van der Waals surface area contributed by atoms with Crippen molar-refractivity contribution in [1.29, 1.82) is 0 Å². The molecule has 0 saturated carbocycles. The first-order valence-electron chi connectivity index (χ1n) is 12.6. The molecule has 0 radical (unpaired) electrons. The molecule has 1 N–H and O–H groups in total. The van der Waals surface area contributed by atoms with E-state index in [1.807, 2.05) is 13.0 Å². The molecule has 0 unspecified atom stereocenters. The van der Waals surface area contributed by atoms with Crippen LogP contribution in [0.5, 0.6) is 11.5 Å². The van der Waals surface area contributed by atoms with Crippen LogP contribution in [0.2, 0.25) is 0 Å². The average molecular weight is 455 g/mol. The van der Waals surface area contributed by atoms with Gasteiger partial charge < -0.3 is 14.3 Å². The standard InChI is InChI=1S/C28H42N2O3/c1-8-10-11-12-14-27(4,5)22-16-23(31)25-21(18-28(6,7)33-24(25)17-22)15-20(13-9-2)26-30-29-19(3)32-26/h13,16-17,21,31H,8-12,14-15,18H2,1-7H3/b20-13+/t21-/m1/s1. The van der Waals surface area contributed by atoms with E-state index in [1.54, 1.807) is 0 Å². The third kappa shape index (κ3) is 6.18. The van der Waals surface area contributed by atoms with E-state index in [0.717, 1.165) is 48.1 Å². The molecule has 1 atom stereocenters. The van der Waals surface area contributed by atoms with E-state index in [1.165, 1.54) is 25.7 Å². The van der Waals surface area contributed by atoms with Crippen LogP contribution in [0.25, 0.3) is 5.57 Å². The first-order valence-corrected chi connectivity index (χ1v) is 12.6. The molecule has 1 aliphatic heterocycles. The third-order valence-electron chi connectivity index (χ3n) is 6.81. The van der Waals surface area contributed by atoms with Gasteiger partial charge >= 0.3 is 0 Å². The summed E-state index contributed by atoms with van der Waals surface area (Å²) in [5, 5.41) is 19.5. The quantitative estimate of drug-likeness (QED) is 0.370. The van der Waals surface area contributed by atoms with E-state index in [2.05, 4.69) is 63.9 Å². The molecule has 3 rings (SSSR count). The molecule has 0 saturated heterocycles. The van der Waals surface area contributed by atoms with Crippen molar-refractivity contribution in [2.45, 2.75) is 117 Å². The molecule has 1 aliphatic rings. The van der Waals surface area contributed by atoms with Crippen LogP contribution in [0.3, 0.4) is 0 Å². The van der Waals surface area contributed by atoms with Crippen LogP contribution in [-0.2, 0) is 5.41 Å². The number of benzene rings is 1. The number of ether oxygens (including phenoxy) is 1. The molecule has 1 aromatic carbocycles. The zero-order chi connectivity index (χ0) is 24.2. The number of phenols is 1. The smallest absolute Gasteiger partial charge is 0.243 e. The van der Waals surface area contributed by atoms with Crippen LogP contribution >= 0.6 is 0 Å². The Morgan fingerprint density at radius 2 is 1.94 bits per heavy atom. The normalized spacial score (nSPS) is 18.2. The van der Waals surface area contributed by atoms with Crippen LogP contribution in [0.15, 0.2) is 22.6 Å². The second kappa shape index (κ2) is 10.3. The van der Waals surface area contributed by atoms with Gasteiger partial charge in [-0.05, 0) is 68.6 Å². The van der Waals surface area contributed by atoms with Crippen LogP contribution < -0.4 is 4.74 Å². The number of fused-ring (bicyclic) bond motifs is 1. The van der Waals surface area contributed by atoms with E-state index < -0.39 is 0 Å². The number of rotatable bonds is 10. The van der Waals surface area contributed by atoms with Gasteiger partial charge in [-0.15, -0.1) is 10.2 Å². The largest absolute Gasteiger partial charge is 0.508 e. The molecular weight excluding hydrogens is 412 g/mol. The number of hydrogen-bond acceptors (Lipinski definition) is 5. The maximum Gasteiger partial charge on any atom is 0.243 e. The molecule has 0 fully saturated rings. The fourth-order valence-corrected chi connectivity index (χ4v) is 5.04. The monoisotopic (exact) mass is 454 g/mol. The van der Waals surface area contributed by atoms with E-state index >= 15 is 0 Å². The molecule has 0 spiro atoms. The SMILES string of the molecule is CC/C=C(\C[C@@H]1CC(C)(C)Oc2cc(C(C)(C)CCCCCC)cc(O)c21)c1nnc(C)o1. The molecule has 2 aromatic rings. The molecule has 33 heavy (non-hydrogen) atoms. The van der Waals surface area contributed by atoms with Gasteiger partial charge in [-0.25, -0.2) is 0 Å². The van der Waals surface area contributed by atoms with Gasteiger partial charge in [-0.3, -0.25) is 0 Å². The molecule has 0 amide bonds. The highest BCUT2D eigenvalue weighted by molar-refractivity contribution is 5.61. The Kier molecular flexibility index (Phi) is 7.92. The van der Waals surface area contributed by atoms with Gasteiger partial charge in [-0.2, -0.15) is 0 Å². The minimum Gasteiger partial charge on any atom is -0.508 e. The number of allylic oxidation sites excluding steroid dienone is 2. The third-order valence-corrected chi connectivity index (χ3v) is 6.81. The fraction of sp³-hybridized carbons (Fsp3) is 0.643. The highest BCUT2D eigenvalue weighted by atomic mass is 16.5. The summed E-state index contributed by atoms with van der Waals surface area (Å²) >= 11 is 0. The maximum atomic E-state index is 11.2. The van der Waals surface area contributed by atoms with Crippen molar-refractivity contribution in [2.75, 3.05) is 0 Å². The van der Waals surface area contributed by atoms with Crippen LogP contribution in [0, 0.1) is 6.92 Å². The molecule has 5 nitrogen and oxygen atoms in total. The summed E-state index contributed by atoms with van der Waals surface area (Å²) in [6, 6.07) is 4.14. The van der Waals surface area contributed by atoms with Crippen LogP contribution in [0.4, 0.5) is 0 Å². The van der Waals surface area contributed by atoms with E-state index in [-0.39, 0.29) is 16.9 Å². The lowest BCUT2D eigenvalue weighted by Crippen LogP contribution is -2.35. The predicted octanol–water partition coefficient (Wildman–Crippen LogP) is 7.86. The van der Waals surface area contributed by atoms with Crippen molar-refractivity contribution in [3.05, 3.63) is 41.1 Å². The summed E-state index contributed by atoms with van der Waals surface area (Å²) in [6.07, 6.45) is 10.6. The topological polar surface area (TPSA) is 68.4 Å². The average Bonchev–Trinajstić information content (AvgIpc) is 3.15. The van der Waals surface area contributed by atoms with Gasteiger partial charge in [0, 0.05) is 18.1 Å². The summed E-state index contributed by atoms with van der Waals surface area (Å²) in [5.74, 6) is 2.39. The molecule has 2 heterocycles. The Balaban J connectivity index is 1.93. The predicted molar refractivity (Wildman–Crippen MR) is 134 cm³/mol. The maximum absolute atomic E-state index is 11.2. The van der Waals surface area contributed by atoms with E-state index in [0.29, 0.717) is 17.5 Å². The van der Waals surface area contributed by atoms with Crippen molar-refractivity contribution in [3.8, 4) is 11.5 Å². The first-order chi connectivity index (χ1) is 15.6. The molecule has 0 bridgehead atoms. The lowest BCUT2D eigenvalue weighted by molar-refractivity contribution is 0.0711. The Morgan fingerprint density at radius 3 is 2.58 bits per heavy atom. The summed E-state index contributed by atoms with van der Waals surface area (Å²) in [4.78, 5) is 0. The van der Waals surface area contributed by atoms with Crippen molar-refractivity contribution in [1.82, 2.24) is 10.2 Å². The summed E-state index contributed by atoms with van der Waals surface area (Å²) < 4.78 is 12.2. The lowest BCUT2D eigenvalue weighted by Gasteiger charge is -2.39. The number of aromatic hydroxyl groups is 1. The Labute approximate surface area is 199 Å².